The molecule has 6 heteroatoms. The molecule has 0 heterocycles. The lowest BCUT2D eigenvalue weighted by Gasteiger charge is -2.20. The fraction of sp³-hybridized carbons (Fsp3) is 0.500. The second-order valence-corrected chi connectivity index (χ2v) is 6.01. The zero-order valence-electron chi connectivity index (χ0n) is 14.3. The van der Waals surface area contributed by atoms with Gasteiger partial charge in [0.25, 0.3) is 5.91 Å². The minimum atomic E-state index is -0.327. The van der Waals surface area contributed by atoms with Gasteiger partial charge in [-0.15, -0.1) is 0 Å². The van der Waals surface area contributed by atoms with Crippen LogP contribution in [0.1, 0.15) is 44.6 Å². The van der Waals surface area contributed by atoms with Crippen molar-refractivity contribution in [2.45, 2.75) is 39.0 Å². The van der Waals surface area contributed by atoms with Gasteiger partial charge in [0.2, 0.25) is 5.91 Å². The largest absolute Gasteiger partial charge is 0.497 e. The van der Waals surface area contributed by atoms with Gasteiger partial charge in [-0.3, -0.25) is 9.59 Å². The molecule has 0 atom stereocenters. The Hall–Kier alpha value is -2.37. The maximum absolute atomic E-state index is 12.0. The maximum atomic E-state index is 12.0. The Morgan fingerprint density at radius 1 is 1.17 bits per heavy atom. The minimum Gasteiger partial charge on any atom is -0.497 e. The molecule has 2 amide bonds. The van der Waals surface area contributed by atoms with Crippen LogP contribution >= 0.6 is 0 Å². The molecule has 2 N–H and O–H groups in total. The average molecular weight is 331 g/mol. The topological polar surface area (TPSA) is 79.8 Å². The Bertz CT molecular complexity index is 590. The van der Waals surface area contributed by atoms with E-state index in [0.717, 1.165) is 37.0 Å². The van der Waals surface area contributed by atoms with Crippen LogP contribution in [0.3, 0.4) is 0 Å². The molecule has 0 spiro atoms. The van der Waals surface area contributed by atoms with Crippen molar-refractivity contribution >= 4 is 17.5 Å². The number of carbonyl (C=O) groups excluding carboxylic acids is 2. The van der Waals surface area contributed by atoms with E-state index in [-0.39, 0.29) is 24.3 Å². The zero-order chi connectivity index (χ0) is 17.4. The predicted octanol–water partition coefficient (Wildman–Crippen LogP) is 2.23. The van der Waals surface area contributed by atoms with Gasteiger partial charge in [0.1, 0.15) is 5.75 Å². The number of hydrogen-bond acceptors (Lipinski definition) is 4. The molecule has 24 heavy (non-hydrogen) atoms. The summed E-state index contributed by atoms with van der Waals surface area (Å²) >= 11 is 0. The van der Waals surface area contributed by atoms with Gasteiger partial charge in [-0.25, -0.2) is 5.43 Å². The number of nitrogens with zero attached hydrogens (tertiary/aromatic N) is 1. The van der Waals surface area contributed by atoms with Crippen molar-refractivity contribution in [3.05, 3.63) is 29.8 Å². The number of benzene rings is 1. The van der Waals surface area contributed by atoms with Crippen molar-refractivity contribution in [2.24, 2.45) is 11.0 Å². The SMILES string of the molecule is COc1ccc(/C(C)=N/NC(=O)CNC(=O)C2CCCCC2)cc1. The third-order valence-corrected chi connectivity index (χ3v) is 4.26. The predicted molar refractivity (Wildman–Crippen MR) is 92.9 cm³/mol. The summed E-state index contributed by atoms with van der Waals surface area (Å²) in [6.45, 7) is 1.76. The number of nitrogens with one attached hydrogen (secondary N) is 2. The second-order valence-electron chi connectivity index (χ2n) is 6.01. The molecule has 6 nitrogen and oxygen atoms in total. The molecule has 1 aromatic carbocycles. The molecule has 0 saturated heterocycles. The highest BCUT2D eigenvalue weighted by atomic mass is 16.5. The lowest BCUT2D eigenvalue weighted by molar-refractivity contribution is -0.129. The third-order valence-electron chi connectivity index (χ3n) is 4.26. The van der Waals surface area contributed by atoms with Crippen molar-refractivity contribution in [2.75, 3.05) is 13.7 Å². The quantitative estimate of drug-likeness (QED) is 0.620. The van der Waals surface area contributed by atoms with Crippen LogP contribution in [0.25, 0.3) is 0 Å². The standard InChI is InChI=1S/C18H25N3O3/c1-13(14-8-10-16(24-2)11-9-14)20-21-17(22)12-19-18(23)15-6-4-3-5-7-15/h8-11,15H,3-7,12H2,1-2H3,(H,19,23)(H,21,22)/b20-13+. The van der Waals surface area contributed by atoms with Crippen molar-refractivity contribution < 1.29 is 14.3 Å². The number of hydrogen-bond donors (Lipinski definition) is 2. The van der Waals surface area contributed by atoms with Gasteiger partial charge in [-0.2, -0.15) is 5.10 Å². The average Bonchev–Trinajstić information content (AvgIpc) is 2.64. The van der Waals surface area contributed by atoms with E-state index < -0.39 is 0 Å². The first-order chi connectivity index (χ1) is 11.6. The summed E-state index contributed by atoms with van der Waals surface area (Å²) in [6, 6.07) is 7.41. The molecular formula is C18H25N3O3. The molecular weight excluding hydrogens is 306 g/mol. The number of ether oxygens (including phenoxy) is 1. The van der Waals surface area contributed by atoms with E-state index in [2.05, 4.69) is 15.8 Å². The number of hydrazone groups is 1. The van der Waals surface area contributed by atoms with Gasteiger partial charge in [0.05, 0.1) is 19.4 Å². The van der Waals surface area contributed by atoms with Crippen LogP contribution in [0, 0.1) is 5.92 Å². The fourth-order valence-electron chi connectivity index (χ4n) is 2.76. The lowest BCUT2D eigenvalue weighted by atomic mass is 9.89. The van der Waals surface area contributed by atoms with E-state index in [0.29, 0.717) is 5.71 Å². The summed E-state index contributed by atoms with van der Waals surface area (Å²) in [5.74, 6) is 0.463. The molecule has 1 aromatic rings. The summed E-state index contributed by atoms with van der Waals surface area (Å²) in [7, 11) is 1.61. The summed E-state index contributed by atoms with van der Waals surface area (Å²) in [5.41, 5.74) is 4.05. The second kappa shape index (κ2) is 9.05. The van der Waals surface area contributed by atoms with Crippen molar-refractivity contribution in [3.8, 4) is 5.75 Å². The van der Waals surface area contributed by atoms with Gasteiger partial charge >= 0.3 is 0 Å². The first kappa shape index (κ1) is 18.0. The normalized spacial score (nSPS) is 15.7. The lowest BCUT2D eigenvalue weighted by Crippen LogP contribution is -2.39. The molecule has 1 aliphatic carbocycles. The monoisotopic (exact) mass is 331 g/mol. The van der Waals surface area contributed by atoms with Crippen molar-refractivity contribution in [1.82, 2.24) is 10.7 Å². The van der Waals surface area contributed by atoms with Crippen LogP contribution in [0.2, 0.25) is 0 Å². The molecule has 1 fully saturated rings. The Morgan fingerprint density at radius 3 is 2.46 bits per heavy atom. The third kappa shape index (κ3) is 5.37. The van der Waals surface area contributed by atoms with Gasteiger partial charge in [-0.1, -0.05) is 19.3 Å². The Labute approximate surface area is 142 Å². The Kier molecular flexibility index (Phi) is 6.78. The van der Waals surface area contributed by atoms with Gasteiger partial charge < -0.3 is 10.1 Å². The zero-order valence-corrected chi connectivity index (χ0v) is 14.3. The van der Waals surface area contributed by atoms with Crippen LogP contribution < -0.4 is 15.5 Å². The Balaban J connectivity index is 1.77. The first-order valence-electron chi connectivity index (χ1n) is 8.35. The molecule has 2 rings (SSSR count). The van der Waals surface area contributed by atoms with Crippen LogP contribution in [0.15, 0.2) is 29.4 Å². The first-order valence-corrected chi connectivity index (χ1v) is 8.35. The van der Waals surface area contributed by atoms with Crippen molar-refractivity contribution in [1.29, 1.82) is 0 Å². The number of methoxy groups -OCH3 is 1. The van der Waals surface area contributed by atoms with E-state index in [4.69, 9.17) is 4.74 Å². The maximum Gasteiger partial charge on any atom is 0.259 e. The van der Waals surface area contributed by atoms with Crippen LogP contribution in [0.5, 0.6) is 5.75 Å². The molecule has 0 unspecified atom stereocenters. The van der Waals surface area contributed by atoms with Crippen LogP contribution in [0.4, 0.5) is 0 Å². The van der Waals surface area contributed by atoms with Gasteiger partial charge in [-0.05, 0) is 49.6 Å². The summed E-state index contributed by atoms with van der Waals surface area (Å²) in [5, 5.41) is 6.76. The van der Waals surface area contributed by atoms with Gasteiger partial charge in [0, 0.05) is 5.92 Å². The fourth-order valence-corrected chi connectivity index (χ4v) is 2.76. The number of amides is 2. The van der Waals surface area contributed by atoms with E-state index in [9.17, 15) is 9.59 Å². The molecule has 1 saturated carbocycles. The van der Waals surface area contributed by atoms with E-state index in [1.165, 1.54) is 6.42 Å². The summed E-state index contributed by atoms with van der Waals surface area (Å²) < 4.78 is 5.10. The van der Waals surface area contributed by atoms with Crippen molar-refractivity contribution in [3.63, 3.8) is 0 Å². The molecule has 0 bridgehead atoms. The smallest absolute Gasteiger partial charge is 0.259 e. The molecule has 0 aromatic heterocycles. The highest BCUT2D eigenvalue weighted by Crippen LogP contribution is 2.23. The highest BCUT2D eigenvalue weighted by molar-refractivity contribution is 5.99. The number of rotatable bonds is 6. The van der Waals surface area contributed by atoms with Gasteiger partial charge in [0.15, 0.2) is 0 Å². The summed E-state index contributed by atoms with van der Waals surface area (Å²) in [6.07, 6.45) is 5.22. The molecule has 0 radical (unpaired) electrons. The molecule has 0 aliphatic heterocycles. The highest BCUT2D eigenvalue weighted by Gasteiger charge is 2.21. The van der Waals surface area contributed by atoms with E-state index in [1.54, 1.807) is 7.11 Å². The minimum absolute atomic E-state index is 0.0271. The van der Waals surface area contributed by atoms with Crippen LogP contribution in [-0.4, -0.2) is 31.2 Å². The van der Waals surface area contributed by atoms with E-state index >= 15 is 0 Å². The molecule has 1 aliphatic rings. The van der Waals surface area contributed by atoms with Crippen LogP contribution in [-0.2, 0) is 9.59 Å². The summed E-state index contributed by atoms with van der Waals surface area (Å²) in [4.78, 5) is 23.8. The van der Waals surface area contributed by atoms with E-state index in [1.807, 2.05) is 31.2 Å². The molecule has 130 valence electrons. The Morgan fingerprint density at radius 2 is 1.83 bits per heavy atom. The number of carbonyl (C=O) groups is 2.